The fourth-order valence-electron chi connectivity index (χ4n) is 3.54. The van der Waals surface area contributed by atoms with Gasteiger partial charge < -0.3 is 14.7 Å². The fraction of sp³-hybridized carbons (Fsp3) is 0.476. The standard InChI is InChI=1S/C21H26FN3O3/c1-4-5-16-12-25(18(10-13(2)3)20(26)23-16)21(27)19-11-17(24-28-19)14-6-8-15(22)9-7-14/h6-9,11,13,16,18H,4-5,10,12H2,1-3H3,(H,23,26)/t16?,18-/m0/s1. The monoisotopic (exact) mass is 387 g/mol. The first-order valence-electron chi connectivity index (χ1n) is 9.73. The van der Waals surface area contributed by atoms with Crippen LogP contribution in [-0.4, -0.2) is 40.5 Å². The number of hydrogen-bond donors (Lipinski definition) is 1. The molecule has 1 saturated heterocycles. The first-order chi connectivity index (χ1) is 13.4. The average Bonchev–Trinajstić information content (AvgIpc) is 3.14. The largest absolute Gasteiger partial charge is 0.350 e. The lowest BCUT2D eigenvalue weighted by atomic mass is 9.96. The van der Waals surface area contributed by atoms with E-state index in [1.54, 1.807) is 23.1 Å². The highest BCUT2D eigenvalue weighted by Gasteiger charge is 2.38. The van der Waals surface area contributed by atoms with Crippen LogP contribution in [0, 0.1) is 11.7 Å². The second-order valence-electron chi connectivity index (χ2n) is 7.68. The molecule has 1 aromatic heterocycles. The van der Waals surface area contributed by atoms with Crippen LogP contribution in [0.25, 0.3) is 11.3 Å². The van der Waals surface area contributed by atoms with E-state index in [0.717, 1.165) is 12.8 Å². The maximum atomic E-state index is 13.1. The van der Waals surface area contributed by atoms with Gasteiger partial charge in [-0.1, -0.05) is 32.3 Å². The van der Waals surface area contributed by atoms with Crippen LogP contribution < -0.4 is 5.32 Å². The molecule has 28 heavy (non-hydrogen) atoms. The summed E-state index contributed by atoms with van der Waals surface area (Å²) in [4.78, 5) is 27.4. The van der Waals surface area contributed by atoms with Crippen molar-refractivity contribution < 1.29 is 18.5 Å². The van der Waals surface area contributed by atoms with Gasteiger partial charge in [0.15, 0.2) is 0 Å². The van der Waals surface area contributed by atoms with Crippen LogP contribution in [0.4, 0.5) is 4.39 Å². The number of piperazine rings is 1. The quantitative estimate of drug-likeness (QED) is 0.821. The molecule has 0 spiro atoms. The molecule has 0 saturated carbocycles. The molecule has 1 aliphatic rings. The number of rotatable bonds is 6. The molecule has 2 heterocycles. The van der Waals surface area contributed by atoms with Gasteiger partial charge in [-0.3, -0.25) is 9.59 Å². The lowest BCUT2D eigenvalue weighted by molar-refractivity contribution is -0.130. The Kier molecular flexibility index (Phi) is 6.11. The van der Waals surface area contributed by atoms with Crippen molar-refractivity contribution in [3.63, 3.8) is 0 Å². The Morgan fingerprint density at radius 1 is 1.36 bits per heavy atom. The predicted molar refractivity (Wildman–Crippen MR) is 103 cm³/mol. The molecule has 6 nitrogen and oxygen atoms in total. The molecule has 0 aliphatic carbocycles. The molecule has 2 amide bonds. The number of amides is 2. The highest BCUT2D eigenvalue weighted by Crippen LogP contribution is 2.24. The van der Waals surface area contributed by atoms with E-state index in [4.69, 9.17) is 4.52 Å². The van der Waals surface area contributed by atoms with Crippen molar-refractivity contribution in [2.24, 2.45) is 5.92 Å². The molecule has 3 rings (SSSR count). The lowest BCUT2D eigenvalue weighted by Gasteiger charge is -2.39. The minimum Gasteiger partial charge on any atom is -0.350 e. The molecule has 2 aromatic rings. The number of halogens is 1. The van der Waals surface area contributed by atoms with E-state index in [1.165, 1.54) is 12.1 Å². The average molecular weight is 387 g/mol. The number of benzene rings is 1. The number of aromatic nitrogens is 1. The van der Waals surface area contributed by atoms with Gasteiger partial charge in [0.25, 0.3) is 5.91 Å². The van der Waals surface area contributed by atoms with Gasteiger partial charge in [0.1, 0.15) is 17.6 Å². The SMILES string of the molecule is CCCC1CN(C(=O)c2cc(-c3ccc(F)cc3)no2)[C@@H](CC(C)C)C(=O)N1. The van der Waals surface area contributed by atoms with Gasteiger partial charge in [0, 0.05) is 24.2 Å². The molecular formula is C21H26FN3O3. The van der Waals surface area contributed by atoms with Gasteiger partial charge in [0.05, 0.1) is 0 Å². The molecule has 1 aromatic carbocycles. The van der Waals surface area contributed by atoms with Crippen molar-refractivity contribution in [3.05, 3.63) is 41.9 Å². The highest BCUT2D eigenvalue weighted by molar-refractivity contribution is 5.97. The van der Waals surface area contributed by atoms with Gasteiger partial charge in [-0.25, -0.2) is 4.39 Å². The summed E-state index contributed by atoms with van der Waals surface area (Å²) < 4.78 is 18.4. The lowest BCUT2D eigenvalue weighted by Crippen LogP contribution is -2.61. The summed E-state index contributed by atoms with van der Waals surface area (Å²) in [5.41, 5.74) is 1.11. The van der Waals surface area contributed by atoms with Crippen molar-refractivity contribution >= 4 is 11.8 Å². The molecule has 1 N–H and O–H groups in total. The molecule has 1 unspecified atom stereocenters. The van der Waals surface area contributed by atoms with E-state index >= 15 is 0 Å². The van der Waals surface area contributed by atoms with E-state index in [-0.39, 0.29) is 35.4 Å². The smallest absolute Gasteiger partial charge is 0.293 e. The topological polar surface area (TPSA) is 75.4 Å². The summed E-state index contributed by atoms with van der Waals surface area (Å²) in [7, 11) is 0. The van der Waals surface area contributed by atoms with E-state index in [0.29, 0.717) is 24.2 Å². The molecule has 0 bridgehead atoms. The number of nitrogens with zero attached hydrogens (tertiary/aromatic N) is 2. The Morgan fingerprint density at radius 2 is 2.07 bits per heavy atom. The predicted octanol–water partition coefficient (Wildman–Crippen LogP) is 3.64. The number of hydrogen-bond acceptors (Lipinski definition) is 4. The van der Waals surface area contributed by atoms with Gasteiger partial charge in [0.2, 0.25) is 11.7 Å². The van der Waals surface area contributed by atoms with Crippen molar-refractivity contribution in [2.75, 3.05) is 6.54 Å². The molecule has 7 heteroatoms. The Hall–Kier alpha value is -2.70. The first-order valence-corrected chi connectivity index (χ1v) is 9.73. The molecule has 150 valence electrons. The molecule has 2 atom stereocenters. The van der Waals surface area contributed by atoms with Crippen LogP contribution in [0.2, 0.25) is 0 Å². The Morgan fingerprint density at radius 3 is 2.71 bits per heavy atom. The summed E-state index contributed by atoms with van der Waals surface area (Å²) in [6.45, 7) is 6.54. The van der Waals surface area contributed by atoms with Crippen molar-refractivity contribution in [1.82, 2.24) is 15.4 Å². The van der Waals surface area contributed by atoms with E-state index in [1.807, 2.05) is 20.8 Å². The molecule has 1 fully saturated rings. The minimum absolute atomic E-state index is 0.0654. The second-order valence-corrected chi connectivity index (χ2v) is 7.68. The third-order valence-corrected chi connectivity index (χ3v) is 4.90. The Labute approximate surface area is 164 Å². The van der Waals surface area contributed by atoms with Crippen LogP contribution in [0.3, 0.4) is 0 Å². The third kappa shape index (κ3) is 4.40. The summed E-state index contributed by atoms with van der Waals surface area (Å²) >= 11 is 0. The summed E-state index contributed by atoms with van der Waals surface area (Å²) in [5.74, 6) is -0.467. The maximum absolute atomic E-state index is 13.1. The van der Waals surface area contributed by atoms with Crippen LogP contribution in [-0.2, 0) is 4.79 Å². The zero-order valence-corrected chi connectivity index (χ0v) is 16.4. The highest BCUT2D eigenvalue weighted by atomic mass is 19.1. The zero-order valence-electron chi connectivity index (χ0n) is 16.4. The molecular weight excluding hydrogens is 361 g/mol. The Balaban J connectivity index is 1.84. The molecule has 0 radical (unpaired) electrons. The van der Waals surface area contributed by atoms with E-state index in [2.05, 4.69) is 10.5 Å². The second kappa shape index (κ2) is 8.54. The third-order valence-electron chi connectivity index (χ3n) is 4.90. The maximum Gasteiger partial charge on any atom is 0.293 e. The fourth-order valence-corrected chi connectivity index (χ4v) is 3.54. The Bertz CT molecular complexity index is 832. The van der Waals surface area contributed by atoms with Gasteiger partial charge in [-0.15, -0.1) is 0 Å². The van der Waals surface area contributed by atoms with Crippen LogP contribution in [0.15, 0.2) is 34.9 Å². The van der Waals surface area contributed by atoms with Gasteiger partial charge >= 0.3 is 0 Å². The summed E-state index contributed by atoms with van der Waals surface area (Å²) in [6, 6.07) is 6.76. The normalized spacial score (nSPS) is 19.8. The van der Waals surface area contributed by atoms with Crippen molar-refractivity contribution in [1.29, 1.82) is 0 Å². The summed E-state index contributed by atoms with van der Waals surface area (Å²) in [5, 5.41) is 6.98. The van der Waals surface area contributed by atoms with Crippen LogP contribution in [0.1, 0.15) is 50.6 Å². The number of nitrogens with one attached hydrogen (secondary N) is 1. The number of carbonyl (C=O) groups is 2. The zero-order chi connectivity index (χ0) is 20.3. The van der Waals surface area contributed by atoms with Crippen LogP contribution >= 0.6 is 0 Å². The van der Waals surface area contributed by atoms with Crippen LogP contribution in [0.5, 0.6) is 0 Å². The van der Waals surface area contributed by atoms with Gasteiger partial charge in [-0.05, 0) is 43.0 Å². The minimum atomic E-state index is -0.528. The van der Waals surface area contributed by atoms with Gasteiger partial charge in [-0.2, -0.15) is 0 Å². The van der Waals surface area contributed by atoms with E-state index in [9.17, 15) is 14.0 Å². The number of carbonyl (C=O) groups excluding carboxylic acids is 2. The van der Waals surface area contributed by atoms with Crippen molar-refractivity contribution in [2.45, 2.75) is 52.1 Å². The first kappa shape index (κ1) is 20.0. The van der Waals surface area contributed by atoms with Crippen molar-refractivity contribution in [3.8, 4) is 11.3 Å². The van der Waals surface area contributed by atoms with E-state index < -0.39 is 6.04 Å². The summed E-state index contributed by atoms with van der Waals surface area (Å²) in [6.07, 6.45) is 2.30. The molecule has 1 aliphatic heterocycles.